The van der Waals surface area contributed by atoms with Gasteiger partial charge >= 0.3 is 17.9 Å². The second-order valence-electron chi connectivity index (χ2n) is 16.7. The van der Waals surface area contributed by atoms with Crippen molar-refractivity contribution in [2.75, 3.05) is 13.7 Å². The minimum absolute atomic E-state index is 0.0686. The number of carbonyl (C=O) groups is 3. The summed E-state index contributed by atoms with van der Waals surface area (Å²) in [5.74, 6) is 1.94. The molecule has 5 fully saturated rings. The van der Waals surface area contributed by atoms with E-state index in [9.17, 15) is 14.4 Å². The molecule has 0 unspecified atom stereocenters. The molecule has 0 aliphatic heterocycles. The highest BCUT2D eigenvalue weighted by Crippen LogP contribution is 2.77. The molecule has 0 saturated heterocycles. The van der Waals surface area contributed by atoms with E-state index in [1.54, 1.807) is 6.92 Å². The highest BCUT2D eigenvalue weighted by molar-refractivity contribution is 5.77. The van der Waals surface area contributed by atoms with Gasteiger partial charge in [0, 0.05) is 17.8 Å². The van der Waals surface area contributed by atoms with Gasteiger partial charge in [-0.3, -0.25) is 14.4 Å². The Hall–Kier alpha value is -1.85. The first kappa shape index (κ1) is 32.5. The first-order valence-corrected chi connectivity index (χ1v) is 17.1. The van der Waals surface area contributed by atoms with E-state index >= 15 is 0 Å². The zero-order valence-corrected chi connectivity index (χ0v) is 28.3. The van der Waals surface area contributed by atoms with Crippen LogP contribution in [0.1, 0.15) is 126 Å². The summed E-state index contributed by atoms with van der Waals surface area (Å²) >= 11 is 0. The van der Waals surface area contributed by atoms with Crippen molar-refractivity contribution >= 4 is 17.9 Å². The summed E-state index contributed by atoms with van der Waals surface area (Å²) in [5.41, 5.74) is 1.92. The average Bonchev–Trinajstić information content (AvgIpc) is 3.33. The fraction of sp³-hybridized carbons (Fsp3) is 0.865. The van der Waals surface area contributed by atoms with Crippen molar-refractivity contribution in [3.8, 4) is 0 Å². The Balaban J connectivity index is 1.40. The van der Waals surface area contributed by atoms with E-state index in [4.69, 9.17) is 14.2 Å². The normalized spacial score (nSPS) is 44.6. The van der Waals surface area contributed by atoms with Gasteiger partial charge in [0.2, 0.25) is 0 Å². The van der Waals surface area contributed by atoms with Crippen molar-refractivity contribution < 1.29 is 28.6 Å². The molecular formula is C37H58O6. The Morgan fingerprint density at radius 2 is 1.47 bits per heavy atom. The molecular weight excluding hydrogens is 540 g/mol. The smallest absolute Gasteiger partial charge is 0.306 e. The third-order valence-electron chi connectivity index (χ3n) is 14.8. The number of carbonyl (C=O) groups excluding carboxylic acids is 3. The maximum Gasteiger partial charge on any atom is 0.306 e. The topological polar surface area (TPSA) is 78.9 Å². The third kappa shape index (κ3) is 5.00. The van der Waals surface area contributed by atoms with Gasteiger partial charge in [-0.2, -0.15) is 0 Å². The van der Waals surface area contributed by atoms with E-state index in [-0.39, 0.29) is 63.9 Å². The first-order chi connectivity index (χ1) is 20.1. The summed E-state index contributed by atoms with van der Waals surface area (Å²) in [7, 11) is 1.35. The summed E-state index contributed by atoms with van der Waals surface area (Å²) in [5, 5.41) is 0. The van der Waals surface area contributed by atoms with E-state index in [0.717, 1.165) is 32.1 Å². The second kappa shape index (κ2) is 11.2. The van der Waals surface area contributed by atoms with Crippen LogP contribution < -0.4 is 0 Å². The second-order valence-corrected chi connectivity index (χ2v) is 16.7. The summed E-state index contributed by atoms with van der Waals surface area (Å²) in [6.07, 6.45) is 11.5. The van der Waals surface area contributed by atoms with Crippen LogP contribution in [0.15, 0.2) is 12.2 Å². The predicted octanol–water partition coefficient (Wildman–Crippen LogP) is 8.07. The van der Waals surface area contributed by atoms with Crippen LogP contribution in [0.2, 0.25) is 0 Å². The number of rotatable bonds is 7. The van der Waals surface area contributed by atoms with Crippen molar-refractivity contribution in [2.45, 2.75) is 132 Å². The molecule has 0 radical (unpaired) electrons. The van der Waals surface area contributed by atoms with Gasteiger partial charge in [-0.25, -0.2) is 0 Å². The Bertz CT molecular complexity index is 1140. The zero-order valence-electron chi connectivity index (χ0n) is 28.3. The number of fused-ring (bicyclic) bond motifs is 7. The molecule has 0 amide bonds. The minimum atomic E-state index is -0.374. The third-order valence-corrected chi connectivity index (χ3v) is 14.8. The molecule has 5 saturated carbocycles. The summed E-state index contributed by atoms with van der Waals surface area (Å²) < 4.78 is 16.6. The molecule has 0 heterocycles. The Labute approximate surface area is 260 Å². The lowest BCUT2D eigenvalue weighted by Gasteiger charge is -2.73. The minimum Gasteiger partial charge on any atom is -0.469 e. The maximum atomic E-state index is 12.7. The van der Waals surface area contributed by atoms with Crippen LogP contribution in [0.3, 0.4) is 0 Å². The van der Waals surface area contributed by atoms with Gasteiger partial charge in [-0.05, 0) is 117 Å². The molecule has 10 atom stereocenters. The lowest BCUT2D eigenvalue weighted by molar-refractivity contribution is -0.252. The average molecular weight is 599 g/mol. The molecule has 5 rings (SSSR count). The van der Waals surface area contributed by atoms with E-state index in [2.05, 4.69) is 48.1 Å². The monoisotopic (exact) mass is 598 g/mol. The molecule has 5 aliphatic carbocycles. The van der Waals surface area contributed by atoms with Crippen molar-refractivity contribution in [2.24, 2.45) is 56.7 Å². The molecule has 0 N–H and O–H groups in total. The number of allylic oxidation sites excluding steroid dienone is 1. The van der Waals surface area contributed by atoms with Crippen LogP contribution in [-0.4, -0.2) is 37.7 Å². The molecule has 0 aromatic heterocycles. The molecule has 0 aromatic carbocycles. The maximum absolute atomic E-state index is 12.7. The number of hydrogen-bond donors (Lipinski definition) is 0. The van der Waals surface area contributed by atoms with Crippen LogP contribution >= 0.6 is 0 Å². The largest absolute Gasteiger partial charge is 0.469 e. The highest BCUT2D eigenvalue weighted by Gasteiger charge is 2.71. The number of ether oxygens (including phenoxy) is 3. The van der Waals surface area contributed by atoms with Crippen molar-refractivity contribution in [3.63, 3.8) is 0 Å². The van der Waals surface area contributed by atoms with E-state index < -0.39 is 0 Å². The molecule has 6 heteroatoms. The summed E-state index contributed by atoms with van der Waals surface area (Å²) in [6.45, 7) is 21.3. The standard InChI is InChI=1S/C37H58O6/c1-23(2)25-14-19-37(22-42-24(3)38)21-20-35(7)26(32(25)37)10-11-28-34(6)17-16-29(43-31(40)13-12-30(39)41-9)33(4,5)27(34)15-18-36(28,35)8/h25-29,32H,1,10-22H2,2-9H3/t25-,26-,27-,28+,29-,32-,34-,35+,36+,37+/m0/s1. The van der Waals surface area contributed by atoms with E-state index in [0.29, 0.717) is 36.2 Å². The molecule has 5 aliphatic rings. The van der Waals surface area contributed by atoms with Gasteiger partial charge < -0.3 is 14.2 Å². The summed E-state index contributed by atoms with van der Waals surface area (Å²) in [6, 6.07) is 0. The number of hydrogen-bond acceptors (Lipinski definition) is 6. The van der Waals surface area contributed by atoms with Gasteiger partial charge in [-0.1, -0.05) is 46.8 Å². The van der Waals surface area contributed by atoms with Crippen LogP contribution in [0, 0.1) is 56.7 Å². The van der Waals surface area contributed by atoms with Crippen molar-refractivity contribution in [3.05, 3.63) is 12.2 Å². The Morgan fingerprint density at radius 1 is 0.767 bits per heavy atom. The fourth-order valence-electron chi connectivity index (χ4n) is 12.5. The van der Waals surface area contributed by atoms with E-state index in [1.807, 2.05) is 0 Å². The van der Waals surface area contributed by atoms with Gasteiger partial charge in [0.1, 0.15) is 6.10 Å². The first-order valence-electron chi connectivity index (χ1n) is 17.1. The summed E-state index contributed by atoms with van der Waals surface area (Å²) in [4.78, 5) is 36.3. The lowest BCUT2D eigenvalue weighted by Crippen LogP contribution is -2.67. The molecule has 0 aromatic rings. The van der Waals surface area contributed by atoms with Crippen LogP contribution in [0.4, 0.5) is 0 Å². The zero-order chi connectivity index (χ0) is 31.6. The Kier molecular flexibility index (Phi) is 8.47. The SMILES string of the molecule is C=C(C)[C@@H]1CC[C@]2(COC(C)=O)CC[C@]3(C)[C@@H](CC[C@@H]4[C@@]5(C)CC[C@H](OC(=O)CCC(=O)OC)C(C)(C)[C@@H]5CC[C@]43C)[C@H]12. The van der Waals surface area contributed by atoms with Crippen molar-refractivity contribution in [1.82, 2.24) is 0 Å². The van der Waals surface area contributed by atoms with E-state index in [1.165, 1.54) is 44.8 Å². The van der Waals surface area contributed by atoms with Crippen LogP contribution in [0.5, 0.6) is 0 Å². The van der Waals surface area contributed by atoms with Gasteiger partial charge in [0.25, 0.3) is 0 Å². The highest BCUT2D eigenvalue weighted by atomic mass is 16.5. The van der Waals surface area contributed by atoms with Crippen LogP contribution in [0.25, 0.3) is 0 Å². The Morgan fingerprint density at radius 3 is 2.12 bits per heavy atom. The number of methoxy groups -OCH3 is 1. The predicted molar refractivity (Wildman–Crippen MR) is 167 cm³/mol. The lowest BCUT2D eigenvalue weighted by atomic mass is 9.32. The molecule has 0 bridgehead atoms. The van der Waals surface area contributed by atoms with Crippen molar-refractivity contribution in [1.29, 1.82) is 0 Å². The fourth-order valence-corrected chi connectivity index (χ4v) is 12.5. The molecule has 43 heavy (non-hydrogen) atoms. The van der Waals surface area contributed by atoms with Gasteiger partial charge in [0.05, 0.1) is 26.6 Å². The quantitative estimate of drug-likeness (QED) is 0.168. The number of esters is 3. The van der Waals surface area contributed by atoms with Gasteiger partial charge in [-0.15, -0.1) is 0 Å². The molecule has 6 nitrogen and oxygen atoms in total. The van der Waals surface area contributed by atoms with Crippen LogP contribution in [-0.2, 0) is 28.6 Å². The molecule has 242 valence electrons. The van der Waals surface area contributed by atoms with Gasteiger partial charge in [0.15, 0.2) is 0 Å². The molecule has 0 spiro atoms.